The Morgan fingerprint density at radius 2 is 2.22 bits per heavy atom. The van der Waals surface area contributed by atoms with E-state index in [-0.39, 0.29) is 0 Å². The highest BCUT2D eigenvalue weighted by atomic mass is 16.5. The number of hydrogen-bond donors (Lipinski definition) is 1. The van der Waals surface area contributed by atoms with Crippen LogP contribution in [0.5, 0.6) is 5.88 Å². The van der Waals surface area contributed by atoms with Crippen molar-refractivity contribution in [3.8, 4) is 5.88 Å². The van der Waals surface area contributed by atoms with Gasteiger partial charge in [0.1, 0.15) is 5.76 Å². The minimum absolute atomic E-state index is 0.595. The first-order valence-corrected chi connectivity index (χ1v) is 5.95. The van der Waals surface area contributed by atoms with Crippen LogP contribution < -0.4 is 10.1 Å². The molecule has 1 N–H and O–H groups in total. The highest BCUT2D eigenvalue weighted by Gasteiger charge is 2.05. The Hall–Kier alpha value is -1.88. The Kier molecular flexibility index (Phi) is 4.30. The zero-order chi connectivity index (χ0) is 12.8. The van der Waals surface area contributed by atoms with Crippen LogP contribution in [-0.2, 0) is 19.5 Å². The lowest BCUT2D eigenvalue weighted by Gasteiger charge is -2.06. The van der Waals surface area contributed by atoms with Crippen molar-refractivity contribution >= 4 is 0 Å². The minimum Gasteiger partial charge on any atom is -0.481 e. The Bertz CT molecular complexity index is 496. The molecule has 0 saturated carbocycles. The van der Waals surface area contributed by atoms with Crippen LogP contribution in [0.3, 0.4) is 0 Å². The first-order chi connectivity index (χ1) is 8.83. The molecule has 0 spiro atoms. The molecule has 5 heteroatoms. The maximum atomic E-state index is 5.51. The van der Waals surface area contributed by atoms with Crippen LogP contribution >= 0.6 is 0 Å². The predicted molar refractivity (Wildman–Crippen MR) is 67.2 cm³/mol. The fourth-order valence-electron chi connectivity index (χ4n) is 1.64. The van der Waals surface area contributed by atoms with Crippen molar-refractivity contribution in [3.63, 3.8) is 0 Å². The number of rotatable bonds is 6. The summed E-state index contributed by atoms with van der Waals surface area (Å²) in [6, 6.07) is 3.87. The molecule has 0 amide bonds. The van der Waals surface area contributed by atoms with E-state index in [0.717, 1.165) is 17.7 Å². The second-order valence-electron chi connectivity index (χ2n) is 3.85. The number of oxazole rings is 1. The highest BCUT2D eigenvalue weighted by Crippen LogP contribution is 2.13. The van der Waals surface area contributed by atoms with Crippen molar-refractivity contribution in [2.45, 2.75) is 26.4 Å². The largest absolute Gasteiger partial charge is 0.481 e. The molecule has 2 aromatic rings. The second-order valence-corrected chi connectivity index (χ2v) is 3.85. The van der Waals surface area contributed by atoms with E-state index in [1.165, 1.54) is 0 Å². The van der Waals surface area contributed by atoms with E-state index in [2.05, 4.69) is 15.3 Å². The number of hydrogen-bond acceptors (Lipinski definition) is 5. The summed E-state index contributed by atoms with van der Waals surface area (Å²) in [4.78, 5) is 8.32. The second kappa shape index (κ2) is 6.16. The van der Waals surface area contributed by atoms with Crippen LogP contribution in [0.2, 0.25) is 0 Å². The van der Waals surface area contributed by atoms with Crippen molar-refractivity contribution in [1.82, 2.24) is 15.3 Å². The fraction of sp³-hybridized carbons (Fsp3) is 0.385. The van der Waals surface area contributed by atoms with E-state index in [9.17, 15) is 0 Å². The van der Waals surface area contributed by atoms with Crippen LogP contribution in [0.25, 0.3) is 0 Å². The zero-order valence-electron chi connectivity index (χ0n) is 10.6. The summed E-state index contributed by atoms with van der Waals surface area (Å²) in [5.41, 5.74) is 1.02. The molecular formula is C13H17N3O2. The molecule has 2 heterocycles. The van der Waals surface area contributed by atoms with Gasteiger partial charge >= 0.3 is 0 Å². The van der Waals surface area contributed by atoms with Gasteiger partial charge in [-0.05, 0) is 6.07 Å². The molecule has 0 bridgehead atoms. The number of methoxy groups -OCH3 is 1. The number of aryl methyl sites for hydroxylation is 1. The van der Waals surface area contributed by atoms with E-state index in [1.54, 1.807) is 19.5 Å². The van der Waals surface area contributed by atoms with Gasteiger partial charge in [0.05, 0.1) is 19.9 Å². The first-order valence-electron chi connectivity index (χ1n) is 5.95. The number of nitrogens with one attached hydrogen (secondary N) is 1. The van der Waals surface area contributed by atoms with Gasteiger partial charge in [0.15, 0.2) is 0 Å². The third-order valence-corrected chi connectivity index (χ3v) is 2.58. The summed E-state index contributed by atoms with van der Waals surface area (Å²) in [7, 11) is 1.62. The summed E-state index contributed by atoms with van der Waals surface area (Å²) >= 11 is 0. The van der Waals surface area contributed by atoms with Gasteiger partial charge in [0, 0.05) is 24.7 Å². The molecule has 0 aliphatic carbocycles. The summed E-state index contributed by atoms with van der Waals surface area (Å²) in [6.07, 6.45) is 4.34. The van der Waals surface area contributed by atoms with E-state index in [4.69, 9.17) is 9.15 Å². The summed E-state index contributed by atoms with van der Waals surface area (Å²) in [6.45, 7) is 3.30. The topological polar surface area (TPSA) is 60.2 Å². The molecule has 0 aliphatic heterocycles. The first kappa shape index (κ1) is 12.6. The lowest BCUT2D eigenvalue weighted by atomic mass is 10.2. The van der Waals surface area contributed by atoms with Crippen molar-refractivity contribution in [1.29, 1.82) is 0 Å². The summed E-state index contributed by atoms with van der Waals surface area (Å²) in [5, 5.41) is 3.25. The van der Waals surface area contributed by atoms with E-state index in [0.29, 0.717) is 24.9 Å². The Labute approximate surface area is 106 Å². The van der Waals surface area contributed by atoms with Crippen molar-refractivity contribution < 1.29 is 9.15 Å². The zero-order valence-corrected chi connectivity index (χ0v) is 10.6. The molecule has 18 heavy (non-hydrogen) atoms. The molecule has 96 valence electrons. The van der Waals surface area contributed by atoms with Gasteiger partial charge in [-0.2, -0.15) is 0 Å². The molecule has 0 aromatic carbocycles. The summed E-state index contributed by atoms with van der Waals surface area (Å²) < 4.78 is 10.7. The van der Waals surface area contributed by atoms with E-state index in [1.807, 2.05) is 19.1 Å². The van der Waals surface area contributed by atoms with Gasteiger partial charge in [0.2, 0.25) is 11.8 Å². The van der Waals surface area contributed by atoms with E-state index >= 15 is 0 Å². The molecule has 0 fully saturated rings. The number of ether oxygens (including phenoxy) is 1. The lowest BCUT2D eigenvalue weighted by Crippen LogP contribution is -2.13. The maximum absolute atomic E-state index is 5.51. The molecule has 2 aromatic heterocycles. The van der Waals surface area contributed by atoms with Gasteiger partial charge in [-0.15, -0.1) is 0 Å². The van der Waals surface area contributed by atoms with Crippen molar-refractivity contribution in [2.75, 3.05) is 7.11 Å². The molecule has 5 nitrogen and oxygen atoms in total. The molecule has 0 atom stereocenters. The van der Waals surface area contributed by atoms with E-state index < -0.39 is 0 Å². The number of pyridine rings is 1. The third kappa shape index (κ3) is 3.07. The van der Waals surface area contributed by atoms with Gasteiger partial charge in [-0.1, -0.05) is 13.0 Å². The Morgan fingerprint density at radius 1 is 1.33 bits per heavy atom. The van der Waals surface area contributed by atoms with Gasteiger partial charge in [0.25, 0.3) is 0 Å². The standard InChI is InChI=1S/C13H17N3O2/c1-3-11-8-16-12(18-11)9-14-7-10-5-4-6-15-13(10)17-2/h4-6,8,14H,3,7,9H2,1-2H3. The monoisotopic (exact) mass is 247 g/mol. The number of aromatic nitrogens is 2. The molecule has 2 rings (SSSR count). The van der Waals surface area contributed by atoms with Crippen LogP contribution in [0.15, 0.2) is 28.9 Å². The van der Waals surface area contributed by atoms with Crippen molar-refractivity contribution in [3.05, 3.63) is 41.7 Å². The SMILES string of the molecule is CCc1cnc(CNCc2cccnc2OC)o1. The predicted octanol–water partition coefficient (Wildman–Crippen LogP) is 1.93. The van der Waals surface area contributed by atoms with Crippen LogP contribution in [0, 0.1) is 0 Å². The molecule has 0 radical (unpaired) electrons. The van der Waals surface area contributed by atoms with Crippen LogP contribution in [0.1, 0.15) is 24.1 Å². The molecular weight excluding hydrogens is 230 g/mol. The maximum Gasteiger partial charge on any atom is 0.217 e. The fourth-order valence-corrected chi connectivity index (χ4v) is 1.64. The molecule has 0 saturated heterocycles. The van der Waals surface area contributed by atoms with Crippen molar-refractivity contribution in [2.24, 2.45) is 0 Å². The average molecular weight is 247 g/mol. The van der Waals surface area contributed by atoms with Crippen LogP contribution in [0.4, 0.5) is 0 Å². The molecule has 0 aliphatic rings. The lowest BCUT2D eigenvalue weighted by molar-refractivity contribution is 0.388. The smallest absolute Gasteiger partial charge is 0.217 e. The summed E-state index contributed by atoms with van der Waals surface area (Å²) in [5.74, 6) is 2.26. The highest BCUT2D eigenvalue weighted by molar-refractivity contribution is 5.24. The van der Waals surface area contributed by atoms with Gasteiger partial charge in [-0.3, -0.25) is 0 Å². The van der Waals surface area contributed by atoms with Gasteiger partial charge in [-0.25, -0.2) is 9.97 Å². The minimum atomic E-state index is 0.595. The normalized spacial score (nSPS) is 10.6. The molecule has 0 unspecified atom stereocenters. The number of nitrogens with zero attached hydrogens (tertiary/aromatic N) is 2. The van der Waals surface area contributed by atoms with Crippen LogP contribution in [-0.4, -0.2) is 17.1 Å². The Balaban J connectivity index is 1.88. The third-order valence-electron chi connectivity index (χ3n) is 2.58. The van der Waals surface area contributed by atoms with Gasteiger partial charge < -0.3 is 14.5 Å². The Morgan fingerprint density at radius 3 is 2.94 bits per heavy atom. The quantitative estimate of drug-likeness (QED) is 0.845. The average Bonchev–Trinajstić information content (AvgIpc) is 2.87.